The fraction of sp³-hybridized carbons (Fsp3) is 0.0385. The van der Waals surface area contributed by atoms with Crippen molar-refractivity contribution in [2.24, 2.45) is 0 Å². The van der Waals surface area contributed by atoms with Gasteiger partial charge in [-0.3, -0.25) is 4.98 Å². The lowest BCUT2D eigenvalue weighted by Gasteiger charge is -2.13. The summed E-state index contributed by atoms with van der Waals surface area (Å²) in [5.74, 6) is -0.410. The second-order valence-corrected chi connectivity index (χ2v) is 7.33. The zero-order valence-electron chi connectivity index (χ0n) is 17.6. The van der Waals surface area contributed by atoms with Crippen LogP contribution in [0.15, 0.2) is 85.2 Å². The first-order valence-corrected chi connectivity index (χ1v) is 10.2. The molecule has 0 aliphatic heterocycles. The van der Waals surface area contributed by atoms with E-state index in [0.29, 0.717) is 28.1 Å². The maximum atomic E-state index is 14.4. The summed E-state index contributed by atoms with van der Waals surface area (Å²) in [6, 6.07) is 21.0. The van der Waals surface area contributed by atoms with E-state index in [0.717, 1.165) is 22.9 Å². The van der Waals surface area contributed by atoms with E-state index in [4.69, 9.17) is 4.74 Å². The zero-order valence-corrected chi connectivity index (χ0v) is 17.6. The molecular formula is C26H18F2N4O. The number of nitrogens with one attached hydrogen (secondary N) is 1. The average molecular weight is 440 g/mol. The number of rotatable bonds is 5. The van der Waals surface area contributed by atoms with Crippen molar-refractivity contribution < 1.29 is 13.5 Å². The number of anilines is 2. The zero-order chi connectivity index (χ0) is 22.8. The van der Waals surface area contributed by atoms with Crippen molar-refractivity contribution in [2.45, 2.75) is 0 Å². The summed E-state index contributed by atoms with van der Waals surface area (Å²) in [7, 11) is 1.61. The van der Waals surface area contributed by atoms with Crippen LogP contribution in [0.1, 0.15) is 0 Å². The number of aromatic nitrogens is 3. The molecule has 3 aromatic carbocycles. The monoisotopic (exact) mass is 440 g/mol. The molecule has 0 fully saturated rings. The predicted octanol–water partition coefficient (Wildman–Crippen LogP) is 6.39. The highest BCUT2D eigenvalue weighted by Crippen LogP contribution is 2.33. The molecule has 0 unspecified atom stereocenters. The summed E-state index contributed by atoms with van der Waals surface area (Å²) in [6.07, 6.45) is 3.31. The highest BCUT2D eigenvalue weighted by molar-refractivity contribution is 5.95. The van der Waals surface area contributed by atoms with Gasteiger partial charge in [0.25, 0.3) is 0 Å². The van der Waals surface area contributed by atoms with E-state index in [1.807, 2.05) is 48.5 Å². The lowest BCUT2D eigenvalue weighted by Crippen LogP contribution is -2.02. The maximum absolute atomic E-state index is 14.4. The second kappa shape index (κ2) is 8.63. The lowest BCUT2D eigenvalue weighted by atomic mass is 10.0. The van der Waals surface area contributed by atoms with Gasteiger partial charge in [-0.2, -0.15) is 0 Å². The van der Waals surface area contributed by atoms with Crippen molar-refractivity contribution in [2.75, 3.05) is 12.4 Å². The molecule has 0 saturated carbocycles. The van der Waals surface area contributed by atoms with Gasteiger partial charge in [0.15, 0.2) is 17.5 Å². The number of pyridine rings is 1. The molecule has 7 heteroatoms. The molecule has 5 aromatic rings. The van der Waals surface area contributed by atoms with E-state index in [9.17, 15) is 8.78 Å². The highest BCUT2D eigenvalue weighted by Gasteiger charge is 2.14. The smallest absolute Gasteiger partial charge is 0.182 e. The van der Waals surface area contributed by atoms with Crippen molar-refractivity contribution in [3.8, 4) is 28.3 Å². The van der Waals surface area contributed by atoms with Crippen molar-refractivity contribution >= 4 is 22.4 Å². The molecule has 0 amide bonds. The number of benzene rings is 3. The molecule has 0 aliphatic rings. The van der Waals surface area contributed by atoms with Crippen molar-refractivity contribution in [1.29, 1.82) is 0 Å². The van der Waals surface area contributed by atoms with Gasteiger partial charge in [0.1, 0.15) is 11.6 Å². The standard InChI is InChI=1S/C26H18F2N4O/c1-33-19-7-2-5-16(13-19)17-10-11-22-20(14-17)26(31-23-9-3-8-21(27)24(23)28)32-25(30-22)18-6-4-12-29-15-18/h2-15H,1H3,(H,30,31,32). The molecule has 0 aliphatic carbocycles. The molecule has 5 nitrogen and oxygen atoms in total. The molecule has 0 radical (unpaired) electrons. The Kier molecular flexibility index (Phi) is 5.36. The van der Waals surface area contributed by atoms with E-state index in [1.54, 1.807) is 25.6 Å². The van der Waals surface area contributed by atoms with Crippen molar-refractivity contribution in [3.05, 3.63) is 96.8 Å². The summed E-state index contributed by atoms with van der Waals surface area (Å²) < 4.78 is 33.6. The van der Waals surface area contributed by atoms with Gasteiger partial charge in [0, 0.05) is 23.3 Å². The van der Waals surface area contributed by atoms with Gasteiger partial charge in [0.2, 0.25) is 0 Å². The van der Waals surface area contributed by atoms with Gasteiger partial charge in [-0.1, -0.05) is 24.3 Å². The Morgan fingerprint density at radius 2 is 1.64 bits per heavy atom. The highest BCUT2D eigenvalue weighted by atomic mass is 19.2. The third kappa shape index (κ3) is 4.08. The first-order chi connectivity index (χ1) is 16.1. The molecule has 2 heterocycles. The number of halogens is 2. The molecule has 5 rings (SSSR count). The Bertz CT molecular complexity index is 1460. The van der Waals surface area contributed by atoms with Crippen molar-refractivity contribution in [3.63, 3.8) is 0 Å². The van der Waals surface area contributed by atoms with Crippen LogP contribution >= 0.6 is 0 Å². The number of methoxy groups -OCH3 is 1. The van der Waals surface area contributed by atoms with Gasteiger partial charge < -0.3 is 10.1 Å². The van der Waals surface area contributed by atoms with E-state index in [1.165, 1.54) is 12.1 Å². The topological polar surface area (TPSA) is 59.9 Å². The molecule has 1 N–H and O–H groups in total. The Morgan fingerprint density at radius 1 is 0.818 bits per heavy atom. The van der Waals surface area contributed by atoms with Gasteiger partial charge in [0.05, 0.1) is 18.3 Å². The summed E-state index contributed by atoms with van der Waals surface area (Å²) in [5, 5.41) is 3.62. The summed E-state index contributed by atoms with van der Waals surface area (Å²) in [6.45, 7) is 0. The van der Waals surface area contributed by atoms with Gasteiger partial charge in [-0.25, -0.2) is 18.7 Å². The summed E-state index contributed by atoms with van der Waals surface area (Å²) >= 11 is 0. The first kappa shape index (κ1) is 20.5. The summed E-state index contributed by atoms with van der Waals surface area (Å²) in [5.41, 5.74) is 3.19. The molecular weight excluding hydrogens is 422 g/mol. The third-order valence-corrected chi connectivity index (χ3v) is 5.22. The van der Waals surface area contributed by atoms with Gasteiger partial charge in [-0.05, 0) is 59.7 Å². The van der Waals surface area contributed by atoms with E-state index >= 15 is 0 Å². The lowest BCUT2D eigenvalue weighted by molar-refractivity contribution is 0.415. The Labute approximate surface area is 188 Å². The summed E-state index contributed by atoms with van der Waals surface area (Å²) in [4.78, 5) is 13.4. The molecule has 0 atom stereocenters. The van der Waals surface area contributed by atoms with Crippen molar-refractivity contribution in [1.82, 2.24) is 15.0 Å². The van der Waals surface area contributed by atoms with Crippen LogP contribution < -0.4 is 10.1 Å². The quantitative estimate of drug-likeness (QED) is 0.343. The van der Waals surface area contributed by atoms with Crippen LogP contribution in [0.5, 0.6) is 5.75 Å². The number of nitrogens with zero attached hydrogens (tertiary/aromatic N) is 3. The minimum Gasteiger partial charge on any atom is -0.497 e. The Balaban J connectivity index is 1.69. The number of ether oxygens (including phenoxy) is 1. The van der Waals surface area contributed by atoms with Crippen LogP contribution in [0.4, 0.5) is 20.3 Å². The van der Waals surface area contributed by atoms with Crippen LogP contribution in [0.25, 0.3) is 33.4 Å². The second-order valence-electron chi connectivity index (χ2n) is 7.33. The molecule has 0 spiro atoms. The molecule has 162 valence electrons. The van der Waals surface area contributed by atoms with Crippen LogP contribution in [-0.4, -0.2) is 22.1 Å². The predicted molar refractivity (Wildman–Crippen MR) is 124 cm³/mol. The number of hydrogen-bond acceptors (Lipinski definition) is 5. The maximum Gasteiger partial charge on any atom is 0.182 e. The SMILES string of the molecule is COc1cccc(-c2ccc3nc(-c4cccnc4)nc(Nc4cccc(F)c4F)c3c2)c1. The number of fused-ring (bicyclic) bond motifs is 1. The fourth-order valence-electron chi connectivity index (χ4n) is 3.56. The van der Waals surface area contributed by atoms with Crippen LogP contribution in [0, 0.1) is 11.6 Å². The largest absolute Gasteiger partial charge is 0.497 e. The van der Waals surface area contributed by atoms with Crippen LogP contribution in [0.2, 0.25) is 0 Å². The third-order valence-electron chi connectivity index (χ3n) is 5.22. The van der Waals surface area contributed by atoms with E-state index in [-0.39, 0.29) is 5.69 Å². The van der Waals surface area contributed by atoms with Gasteiger partial charge >= 0.3 is 0 Å². The molecule has 2 aromatic heterocycles. The van der Waals surface area contributed by atoms with Gasteiger partial charge in [-0.15, -0.1) is 0 Å². The van der Waals surface area contributed by atoms with E-state index < -0.39 is 11.6 Å². The fourth-order valence-corrected chi connectivity index (χ4v) is 3.56. The molecule has 0 bridgehead atoms. The minimum absolute atomic E-state index is 0.0149. The average Bonchev–Trinajstić information content (AvgIpc) is 2.87. The van der Waals surface area contributed by atoms with E-state index in [2.05, 4.69) is 20.3 Å². The molecule has 0 saturated heterocycles. The Morgan fingerprint density at radius 3 is 2.45 bits per heavy atom. The van der Waals surface area contributed by atoms with Crippen LogP contribution in [-0.2, 0) is 0 Å². The molecule has 33 heavy (non-hydrogen) atoms. The van der Waals surface area contributed by atoms with Crippen LogP contribution in [0.3, 0.4) is 0 Å². The minimum atomic E-state index is -0.976. The Hall–Kier alpha value is -4.39. The normalized spacial score (nSPS) is 10.9. The first-order valence-electron chi connectivity index (χ1n) is 10.2. The number of hydrogen-bond donors (Lipinski definition) is 1.